The van der Waals surface area contributed by atoms with E-state index in [0.29, 0.717) is 6.42 Å². The number of hydrogen-bond donors (Lipinski definition) is 6. The second-order valence-electron chi connectivity index (χ2n) is 26.4. The van der Waals surface area contributed by atoms with E-state index in [2.05, 4.69) is 129 Å². The monoisotopic (exact) mass is 1280 g/mol. The normalized spacial score (nSPS) is 18.4. The minimum atomic E-state index is -1.58. The van der Waals surface area contributed by atoms with Crippen molar-refractivity contribution in [3.63, 3.8) is 0 Å². The van der Waals surface area contributed by atoms with Gasteiger partial charge in [-0.25, -0.2) is 0 Å². The number of rotatable bonds is 67. The molecule has 1 fully saturated rings. The first-order chi connectivity index (χ1) is 45.3. The van der Waals surface area contributed by atoms with Crippen LogP contribution >= 0.6 is 0 Å². The number of carbonyl (C=O) groups excluding carboxylic acids is 1. The molecule has 0 radical (unpaired) electrons. The molecule has 92 heavy (non-hydrogen) atoms. The molecule has 0 spiro atoms. The van der Waals surface area contributed by atoms with Gasteiger partial charge in [0.15, 0.2) is 6.29 Å². The Morgan fingerprint density at radius 3 is 1.04 bits per heavy atom. The third kappa shape index (κ3) is 58.0. The summed E-state index contributed by atoms with van der Waals surface area (Å²) in [6.07, 6.45) is 99.0. The van der Waals surface area contributed by atoms with Crippen LogP contribution in [0.1, 0.15) is 341 Å². The van der Waals surface area contributed by atoms with Crippen molar-refractivity contribution in [2.24, 2.45) is 0 Å². The molecule has 0 aromatic carbocycles. The number of aliphatic hydroxyl groups is 5. The number of nitrogens with one attached hydrogen (secondary N) is 1. The topological polar surface area (TPSA) is 149 Å². The molecular formula is C83H145NO8. The molecule has 6 N–H and O–H groups in total. The fourth-order valence-electron chi connectivity index (χ4n) is 11.8. The van der Waals surface area contributed by atoms with Gasteiger partial charge >= 0.3 is 0 Å². The summed E-state index contributed by atoms with van der Waals surface area (Å²) in [7, 11) is 0. The fourth-order valence-corrected chi connectivity index (χ4v) is 11.8. The van der Waals surface area contributed by atoms with Crippen LogP contribution in [0.4, 0.5) is 0 Å². The van der Waals surface area contributed by atoms with Gasteiger partial charge in [-0.1, -0.05) is 360 Å². The zero-order valence-corrected chi connectivity index (χ0v) is 59.5. The van der Waals surface area contributed by atoms with Crippen molar-refractivity contribution in [1.29, 1.82) is 0 Å². The van der Waals surface area contributed by atoms with Gasteiger partial charge in [-0.05, 0) is 96.3 Å². The van der Waals surface area contributed by atoms with E-state index in [1.54, 1.807) is 6.08 Å². The van der Waals surface area contributed by atoms with Crippen LogP contribution in [0, 0.1) is 0 Å². The maximum absolute atomic E-state index is 13.2. The summed E-state index contributed by atoms with van der Waals surface area (Å²) in [5.41, 5.74) is 0. The van der Waals surface area contributed by atoms with Crippen LogP contribution in [0.15, 0.2) is 122 Å². The average molecular weight is 1290 g/mol. The van der Waals surface area contributed by atoms with E-state index < -0.39 is 49.5 Å². The summed E-state index contributed by atoms with van der Waals surface area (Å²) >= 11 is 0. The van der Waals surface area contributed by atoms with E-state index in [1.807, 2.05) is 6.08 Å². The quantitative estimate of drug-likeness (QED) is 0.0261. The molecule has 0 aromatic rings. The SMILES string of the molecule is CC/C=C\C/C=C\C/C=C\C/C=C\C/C=C\C/C=C\C/C=C\C/C=C\CCCCCCCCCCCCCCCCC(=O)NC(COC1OC(CO)C(O)C(O)C1O)C(O)/C=C/CC/C=C/CCCCCCCCCCCCCCCCCCCCCCCCCC. The number of allylic oxidation sites excluding steroid dienone is 19. The zero-order chi connectivity index (χ0) is 66.4. The Morgan fingerprint density at radius 1 is 0.380 bits per heavy atom. The molecule has 1 aliphatic rings. The standard InChI is InChI=1S/C83H145NO8/c1-3-5-7-9-11-13-15-17-19-21-23-25-27-29-31-33-35-36-37-38-39-40-41-42-43-45-47-49-51-53-55-57-59-61-63-65-67-69-71-73-79(87)84-76(75-91-83-82(90)81(89)80(88)78(74-85)92-83)77(86)72-70-68-66-64-62-60-58-56-54-52-50-48-46-44-34-32-30-28-26-24-22-20-18-16-14-12-10-8-6-4-2/h5,7,11,13,17,19,23,25,29,31,35-36,38-39,41-42,62,64,70,72,76-78,80-83,85-86,88-90H,3-4,6,8-10,12,14-16,18,20-22,24,26-28,30,32-34,37,40,43-61,63,65-69,71,73-75H2,1-2H3,(H,84,87)/b7-5-,13-11-,19-17-,25-23-,31-29-,36-35-,39-38-,42-41-,64-62+,72-70+. The van der Waals surface area contributed by atoms with Gasteiger partial charge in [-0.3, -0.25) is 4.79 Å². The van der Waals surface area contributed by atoms with Crippen molar-refractivity contribution in [2.75, 3.05) is 13.2 Å². The number of carbonyl (C=O) groups is 1. The maximum atomic E-state index is 13.2. The van der Waals surface area contributed by atoms with Gasteiger partial charge in [0.1, 0.15) is 24.4 Å². The smallest absolute Gasteiger partial charge is 0.220 e. The molecule has 0 aromatic heterocycles. The summed E-state index contributed by atoms with van der Waals surface area (Å²) < 4.78 is 11.3. The molecule has 530 valence electrons. The van der Waals surface area contributed by atoms with Crippen molar-refractivity contribution in [1.82, 2.24) is 5.32 Å². The summed E-state index contributed by atoms with van der Waals surface area (Å²) in [5.74, 6) is -0.187. The van der Waals surface area contributed by atoms with Gasteiger partial charge in [0.05, 0.1) is 25.4 Å². The molecule has 1 heterocycles. The van der Waals surface area contributed by atoms with Gasteiger partial charge < -0.3 is 40.3 Å². The minimum Gasteiger partial charge on any atom is -0.394 e. The highest BCUT2D eigenvalue weighted by Crippen LogP contribution is 2.23. The first kappa shape index (κ1) is 86.6. The van der Waals surface area contributed by atoms with Gasteiger partial charge in [-0.2, -0.15) is 0 Å². The molecule has 7 unspecified atom stereocenters. The highest BCUT2D eigenvalue weighted by atomic mass is 16.7. The van der Waals surface area contributed by atoms with Gasteiger partial charge in [0.2, 0.25) is 5.91 Å². The third-order valence-corrected chi connectivity index (χ3v) is 17.8. The highest BCUT2D eigenvalue weighted by Gasteiger charge is 2.44. The molecule has 1 saturated heterocycles. The lowest BCUT2D eigenvalue weighted by Gasteiger charge is -2.40. The van der Waals surface area contributed by atoms with Crippen molar-refractivity contribution in [3.05, 3.63) is 122 Å². The van der Waals surface area contributed by atoms with Crippen LogP contribution in [0.2, 0.25) is 0 Å². The van der Waals surface area contributed by atoms with Crippen LogP contribution in [-0.2, 0) is 14.3 Å². The highest BCUT2D eigenvalue weighted by molar-refractivity contribution is 5.76. The van der Waals surface area contributed by atoms with Crippen molar-refractivity contribution < 1.29 is 39.8 Å². The largest absolute Gasteiger partial charge is 0.394 e. The molecule has 9 heteroatoms. The van der Waals surface area contributed by atoms with Crippen LogP contribution in [0.25, 0.3) is 0 Å². The van der Waals surface area contributed by atoms with Gasteiger partial charge in [0, 0.05) is 6.42 Å². The number of ether oxygens (including phenoxy) is 2. The Labute approximate surface area is 567 Å². The van der Waals surface area contributed by atoms with E-state index in [1.165, 1.54) is 231 Å². The molecule has 9 nitrogen and oxygen atoms in total. The summed E-state index contributed by atoms with van der Waals surface area (Å²) in [5, 5.41) is 54.9. The fraction of sp³-hybridized carbons (Fsp3) is 0.747. The van der Waals surface area contributed by atoms with Gasteiger partial charge in [-0.15, -0.1) is 0 Å². The number of amides is 1. The Kier molecular flexibility index (Phi) is 66.3. The predicted octanol–water partition coefficient (Wildman–Crippen LogP) is 22.1. The number of unbranched alkanes of at least 4 members (excludes halogenated alkanes) is 39. The Balaban J connectivity index is 2.12. The van der Waals surface area contributed by atoms with Crippen LogP contribution in [-0.4, -0.2) is 87.5 Å². The van der Waals surface area contributed by atoms with Crippen molar-refractivity contribution in [3.8, 4) is 0 Å². The van der Waals surface area contributed by atoms with E-state index in [9.17, 15) is 30.3 Å². The molecule has 0 saturated carbocycles. The third-order valence-electron chi connectivity index (χ3n) is 17.8. The second kappa shape index (κ2) is 70.4. The lowest BCUT2D eigenvalue weighted by Crippen LogP contribution is -2.60. The van der Waals surface area contributed by atoms with Crippen LogP contribution < -0.4 is 5.32 Å². The van der Waals surface area contributed by atoms with E-state index in [0.717, 1.165) is 89.9 Å². The molecule has 0 bridgehead atoms. The first-order valence-electron chi connectivity index (χ1n) is 38.8. The minimum absolute atomic E-state index is 0.187. The summed E-state index contributed by atoms with van der Waals surface area (Å²) in [6, 6.07) is -0.831. The van der Waals surface area contributed by atoms with Crippen molar-refractivity contribution in [2.45, 2.75) is 384 Å². The molecule has 0 aliphatic carbocycles. The van der Waals surface area contributed by atoms with E-state index in [-0.39, 0.29) is 12.5 Å². The molecule has 1 aliphatic heterocycles. The lowest BCUT2D eigenvalue weighted by molar-refractivity contribution is -0.302. The van der Waals surface area contributed by atoms with Crippen molar-refractivity contribution >= 4 is 5.91 Å². The lowest BCUT2D eigenvalue weighted by atomic mass is 9.99. The number of aliphatic hydroxyl groups excluding tert-OH is 5. The zero-order valence-electron chi connectivity index (χ0n) is 59.5. The average Bonchev–Trinajstić information content (AvgIpc) is 1.45. The Bertz CT molecular complexity index is 1880. The van der Waals surface area contributed by atoms with Crippen LogP contribution in [0.5, 0.6) is 0 Å². The Morgan fingerprint density at radius 2 is 0.685 bits per heavy atom. The Hall–Kier alpha value is -3.41. The maximum Gasteiger partial charge on any atom is 0.220 e. The van der Waals surface area contributed by atoms with Crippen LogP contribution in [0.3, 0.4) is 0 Å². The molecule has 7 atom stereocenters. The molecular weight excluding hydrogens is 1140 g/mol. The van der Waals surface area contributed by atoms with E-state index >= 15 is 0 Å². The first-order valence-corrected chi connectivity index (χ1v) is 38.8. The number of hydrogen-bond acceptors (Lipinski definition) is 8. The summed E-state index contributed by atoms with van der Waals surface area (Å²) in [4.78, 5) is 13.2. The van der Waals surface area contributed by atoms with Gasteiger partial charge in [0.25, 0.3) is 0 Å². The predicted molar refractivity (Wildman–Crippen MR) is 396 cm³/mol. The second-order valence-corrected chi connectivity index (χ2v) is 26.4. The molecule has 1 rings (SSSR count). The van der Waals surface area contributed by atoms with E-state index in [4.69, 9.17) is 9.47 Å². The summed E-state index contributed by atoms with van der Waals surface area (Å²) in [6.45, 7) is 3.68. The molecule has 1 amide bonds.